The first kappa shape index (κ1) is 16.4. The van der Waals surface area contributed by atoms with Crippen molar-refractivity contribution in [3.8, 4) is 0 Å². The van der Waals surface area contributed by atoms with Crippen LogP contribution in [0.4, 0.5) is 11.4 Å². The molecule has 0 radical (unpaired) electrons. The van der Waals surface area contributed by atoms with E-state index in [0.29, 0.717) is 11.3 Å². The summed E-state index contributed by atoms with van der Waals surface area (Å²) in [5.74, 6) is -0.219. The Bertz CT molecular complexity index is 722. The third-order valence-electron chi connectivity index (χ3n) is 3.21. The van der Waals surface area contributed by atoms with Crippen molar-refractivity contribution in [1.82, 2.24) is 0 Å². The number of nitrogens with two attached hydrogens (primary N) is 1. The highest BCUT2D eigenvalue weighted by atomic mass is 35.5. The van der Waals surface area contributed by atoms with Gasteiger partial charge in [0.25, 0.3) is 0 Å². The second-order valence-electron chi connectivity index (χ2n) is 5.01. The number of ketones is 1. The molecule has 3 nitrogen and oxygen atoms in total. The Hall–Kier alpha value is -1.97. The lowest BCUT2D eigenvalue weighted by atomic mass is 10.1. The molecular weight excluding hydrogens is 319 g/mol. The third-order valence-corrected chi connectivity index (χ3v) is 4.11. The molecule has 0 atom stereocenters. The molecule has 0 aliphatic carbocycles. The summed E-state index contributed by atoms with van der Waals surface area (Å²) in [7, 11) is 3.95. The average Bonchev–Trinajstić information content (AvgIpc) is 2.51. The first-order valence-corrected chi connectivity index (χ1v) is 7.39. The number of halogens is 2. The van der Waals surface area contributed by atoms with Crippen LogP contribution in [0.2, 0.25) is 10.0 Å². The molecule has 0 heterocycles. The van der Waals surface area contributed by atoms with Crippen LogP contribution < -0.4 is 10.6 Å². The minimum absolute atomic E-state index is 0.180. The molecule has 2 aromatic rings. The first-order chi connectivity index (χ1) is 10.4. The van der Waals surface area contributed by atoms with Crippen LogP contribution in [-0.2, 0) is 0 Å². The SMILES string of the molecule is CN(C)c1ccc(/C=C/C(=O)c2ccc(N)c(Cl)c2Cl)cc1. The standard InChI is InChI=1S/C17H16Cl2N2O/c1-21(2)12-6-3-11(4-7-12)5-10-15(22)13-8-9-14(20)17(19)16(13)18/h3-10H,20H2,1-2H3/b10-5+. The number of hydrogen-bond donors (Lipinski definition) is 1. The molecule has 0 saturated carbocycles. The predicted octanol–water partition coefficient (Wildman–Crippen LogP) is 4.54. The quantitative estimate of drug-likeness (QED) is 0.507. The van der Waals surface area contributed by atoms with Crippen molar-refractivity contribution in [3.63, 3.8) is 0 Å². The summed E-state index contributed by atoms with van der Waals surface area (Å²) < 4.78 is 0. The van der Waals surface area contributed by atoms with E-state index in [9.17, 15) is 4.79 Å². The Kier molecular flexibility index (Phi) is 5.11. The lowest BCUT2D eigenvalue weighted by molar-refractivity contribution is 0.104. The van der Waals surface area contributed by atoms with E-state index < -0.39 is 0 Å². The summed E-state index contributed by atoms with van der Waals surface area (Å²) in [5, 5.41) is 0.385. The van der Waals surface area contributed by atoms with E-state index in [2.05, 4.69) is 0 Å². The fraction of sp³-hybridized carbons (Fsp3) is 0.118. The van der Waals surface area contributed by atoms with E-state index in [0.717, 1.165) is 11.3 Å². The molecule has 0 spiro atoms. The Balaban J connectivity index is 2.20. The Morgan fingerprint density at radius 3 is 2.27 bits per heavy atom. The highest BCUT2D eigenvalue weighted by Gasteiger charge is 2.12. The summed E-state index contributed by atoms with van der Waals surface area (Å²) in [4.78, 5) is 14.2. The van der Waals surface area contributed by atoms with Gasteiger partial charge in [0.2, 0.25) is 0 Å². The molecular formula is C17H16Cl2N2O. The molecule has 0 fully saturated rings. The Labute approximate surface area is 139 Å². The van der Waals surface area contributed by atoms with Crippen molar-refractivity contribution < 1.29 is 4.79 Å². The fourth-order valence-electron chi connectivity index (χ4n) is 1.90. The van der Waals surface area contributed by atoms with Crippen molar-refractivity contribution in [3.05, 3.63) is 63.6 Å². The number of allylic oxidation sites excluding steroid dienone is 1. The maximum Gasteiger partial charge on any atom is 0.187 e. The molecule has 5 heteroatoms. The predicted molar refractivity (Wildman–Crippen MR) is 95.0 cm³/mol. The molecule has 0 saturated heterocycles. The van der Waals surface area contributed by atoms with E-state index >= 15 is 0 Å². The molecule has 0 aliphatic heterocycles. The maximum absolute atomic E-state index is 12.2. The van der Waals surface area contributed by atoms with Crippen molar-refractivity contribution in [1.29, 1.82) is 0 Å². The van der Waals surface area contributed by atoms with Crippen LogP contribution in [0.3, 0.4) is 0 Å². The summed E-state index contributed by atoms with van der Waals surface area (Å²) in [5.41, 5.74) is 8.35. The lowest BCUT2D eigenvalue weighted by Gasteiger charge is -2.11. The number of nitrogen functional groups attached to an aromatic ring is 1. The molecule has 0 unspecified atom stereocenters. The van der Waals surface area contributed by atoms with Crippen LogP contribution in [-0.4, -0.2) is 19.9 Å². The van der Waals surface area contributed by atoms with Gasteiger partial charge >= 0.3 is 0 Å². The number of hydrogen-bond acceptors (Lipinski definition) is 3. The van der Waals surface area contributed by atoms with Crippen molar-refractivity contribution in [2.75, 3.05) is 24.7 Å². The van der Waals surface area contributed by atoms with Gasteiger partial charge in [-0.2, -0.15) is 0 Å². The monoisotopic (exact) mass is 334 g/mol. The molecule has 0 bridgehead atoms. The third kappa shape index (κ3) is 3.62. The minimum Gasteiger partial charge on any atom is -0.397 e. The Morgan fingerprint density at radius 1 is 1.05 bits per heavy atom. The van der Waals surface area contributed by atoms with E-state index in [1.807, 2.05) is 43.3 Å². The van der Waals surface area contributed by atoms with Crippen molar-refractivity contribution in [2.45, 2.75) is 0 Å². The molecule has 114 valence electrons. The number of anilines is 2. The zero-order valence-electron chi connectivity index (χ0n) is 12.3. The van der Waals surface area contributed by atoms with E-state index in [-0.39, 0.29) is 15.8 Å². The summed E-state index contributed by atoms with van der Waals surface area (Å²) in [6.07, 6.45) is 3.21. The van der Waals surface area contributed by atoms with Crippen LogP contribution in [0.25, 0.3) is 6.08 Å². The Morgan fingerprint density at radius 2 is 1.68 bits per heavy atom. The van der Waals surface area contributed by atoms with Crippen molar-refractivity contribution >= 4 is 46.4 Å². The minimum atomic E-state index is -0.219. The first-order valence-electron chi connectivity index (χ1n) is 6.63. The highest BCUT2D eigenvalue weighted by Crippen LogP contribution is 2.31. The van der Waals surface area contributed by atoms with Gasteiger partial charge in [0.1, 0.15) is 0 Å². The van der Waals surface area contributed by atoms with Crippen molar-refractivity contribution in [2.24, 2.45) is 0 Å². The van der Waals surface area contributed by atoms with Crippen LogP contribution >= 0.6 is 23.2 Å². The van der Waals surface area contributed by atoms with Crippen LogP contribution in [0.1, 0.15) is 15.9 Å². The average molecular weight is 335 g/mol. The van der Waals surface area contributed by atoms with E-state index in [1.165, 1.54) is 6.08 Å². The van der Waals surface area contributed by atoms with Gasteiger partial charge in [0.05, 0.1) is 15.7 Å². The van der Waals surface area contributed by atoms with Gasteiger partial charge in [-0.3, -0.25) is 4.79 Å². The number of carbonyl (C=O) groups is 1. The van der Waals surface area contributed by atoms with Crippen LogP contribution in [0, 0.1) is 0 Å². The fourth-order valence-corrected chi connectivity index (χ4v) is 2.33. The number of rotatable bonds is 4. The van der Waals surface area contributed by atoms with Gasteiger partial charge in [-0.05, 0) is 35.9 Å². The second kappa shape index (κ2) is 6.86. The zero-order chi connectivity index (χ0) is 16.3. The molecule has 0 aliphatic rings. The molecule has 2 aromatic carbocycles. The van der Waals surface area contributed by atoms with Gasteiger partial charge < -0.3 is 10.6 Å². The highest BCUT2D eigenvalue weighted by molar-refractivity contribution is 6.45. The smallest absolute Gasteiger partial charge is 0.187 e. The molecule has 0 aromatic heterocycles. The molecule has 22 heavy (non-hydrogen) atoms. The van der Waals surface area contributed by atoms with Gasteiger partial charge in [-0.1, -0.05) is 41.4 Å². The van der Waals surface area contributed by atoms with Gasteiger partial charge in [0, 0.05) is 25.3 Å². The van der Waals surface area contributed by atoms with Gasteiger partial charge in [-0.25, -0.2) is 0 Å². The summed E-state index contributed by atoms with van der Waals surface area (Å²) in [6.45, 7) is 0. The summed E-state index contributed by atoms with van der Waals surface area (Å²) >= 11 is 12.0. The number of benzene rings is 2. The van der Waals surface area contributed by atoms with Crippen LogP contribution in [0.5, 0.6) is 0 Å². The maximum atomic E-state index is 12.2. The van der Waals surface area contributed by atoms with E-state index in [4.69, 9.17) is 28.9 Å². The lowest BCUT2D eigenvalue weighted by Crippen LogP contribution is -2.07. The molecule has 0 amide bonds. The van der Waals surface area contributed by atoms with E-state index in [1.54, 1.807) is 18.2 Å². The second-order valence-corrected chi connectivity index (χ2v) is 5.77. The number of carbonyl (C=O) groups excluding carboxylic acids is 1. The largest absolute Gasteiger partial charge is 0.397 e. The van der Waals surface area contributed by atoms with Gasteiger partial charge in [0.15, 0.2) is 5.78 Å². The molecule has 2 N–H and O–H groups in total. The topological polar surface area (TPSA) is 46.3 Å². The normalized spacial score (nSPS) is 10.9. The van der Waals surface area contributed by atoms with Crippen LogP contribution in [0.15, 0.2) is 42.5 Å². The van der Waals surface area contributed by atoms with Gasteiger partial charge in [-0.15, -0.1) is 0 Å². The zero-order valence-corrected chi connectivity index (χ0v) is 13.8. The molecule has 2 rings (SSSR count). The number of nitrogens with zero attached hydrogens (tertiary/aromatic N) is 1. The summed E-state index contributed by atoms with van der Waals surface area (Å²) in [6, 6.07) is 11.0.